The Morgan fingerprint density at radius 1 is 0.966 bits per heavy atom. The molecule has 0 aliphatic carbocycles. The number of benzene rings is 3. The molecule has 1 amide bonds. The summed E-state index contributed by atoms with van der Waals surface area (Å²) >= 11 is 0. The topological polar surface area (TPSA) is 46.9 Å². The van der Waals surface area contributed by atoms with Crippen molar-refractivity contribution in [1.29, 1.82) is 0 Å². The highest BCUT2D eigenvalue weighted by molar-refractivity contribution is 5.94. The average molecular weight is 383 g/mol. The van der Waals surface area contributed by atoms with Crippen LogP contribution in [0.5, 0.6) is 0 Å². The van der Waals surface area contributed by atoms with Gasteiger partial charge in [0, 0.05) is 19.0 Å². The Morgan fingerprint density at radius 2 is 1.66 bits per heavy atom. The first-order chi connectivity index (χ1) is 14.2. The second-order valence-corrected chi connectivity index (χ2v) is 7.27. The fourth-order valence-electron chi connectivity index (χ4n) is 3.63. The van der Waals surface area contributed by atoms with Crippen LogP contribution in [0, 0.1) is 0 Å². The first kappa shape index (κ1) is 18.9. The SMILES string of the molecule is CCc1ccc(C(=O)N[C@@H](Cc2nc3ccccc3n2C)c2ccccc2)cc1. The number of hydrogen-bond acceptors (Lipinski definition) is 2. The fraction of sp³-hybridized carbons (Fsp3) is 0.200. The van der Waals surface area contributed by atoms with Gasteiger partial charge in [0.1, 0.15) is 5.82 Å². The summed E-state index contributed by atoms with van der Waals surface area (Å²) < 4.78 is 2.10. The van der Waals surface area contributed by atoms with E-state index in [-0.39, 0.29) is 11.9 Å². The molecule has 0 saturated carbocycles. The van der Waals surface area contributed by atoms with Crippen LogP contribution in [0.2, 0.25) is 0 Å². The van der Waals surface area contributed by atoms with E-state index < -0.39 is 0 Å². The first-order valence-corrected chi connectivity index (χ1v) is 10.0. The minimum atomic E-state index is -0.162. The maximum Gasteiger partial charge on any atom is 0.251 e. The van der Waals surface area contributed by atoms with Crippen molar-refractivity contribution >= 4 is 16.9 Å². The molecule has 29 heavy (non-hydrogen) atoms. The lowest BCUT2D eigenvalue weighted by molar-refractivity contribution is 0.0936. The van der Waals surface area contributed by atoms with E-state index in [4.69, 9.17) is 4.98 Å². The van der Waals surface area contributed by atoms with Gasteiger partial charge in [-0.3, -0.25) is 4.79 Å². The predicted octanol–water partition coefficient (Wildman–Crippen LogP) is 4.85. The van der Waals surface area contributed by atoms with Gasteiger partial charge in [-0.2, -0.15) is 0 Å². The molecular weight excluding hydrogens is 358 g/mol. The van der Waals surface area contributed by atoms with Gasteiger partial charge in [0.2, 0.25) is 0 Å². The summed E-state index contributed by atoms with van der Waals surface area (Å²) in [6.45, 7) is 2.11. The standard InChI is InChI=1S/C25H25N3O/c1-3-18-13-15-20(16-14-18)25(29)27-22(19-9-5-4-6-10-19)17-24-26-21-11-7-8-12-23(21)28(24)2/h4-16,22H,3,17H2,1-2H3,(H,27,29)/t22-/m0/s1. The number of aromatic nitrogens is 2. The molecule has 0 aliphatic heterocycles. The molecule has 3 aromatic carbocycles. The minimum Gasteiger partial charge on any atom is -0.345 e. The van der Waals surface area contributed by atoms with Crippen molar-refractivity contribution in [3.05, 3.63) is 101 Å². The number of aryl methyl sites for hydroxylation is 2. The van der Waals surface area contributed by atoms with Crippen LogP contribution >= 0.6 is 0 Å². The summed E-state index contributed by atoms with van der Waals surface area (Å²) in [6, 6.07) is 25.8. The zero-order valence-corrected chi connectivity index (χ0v) is 16.8. The lowest BCUT2D eigenvalue weighted by Gasteiger charge is -2.19. The molecule has 0 spiro atoms. The van der Waals surface area contributed by atoms with E-state index in [1.807, 2.05) is 79.8 Å². The molecule has 0 bridgehead atoms. The van der Waals surface area contributed by atoms with Crippen molar-refractivity contribution in [1.82, 2.24) is 14.9 Å². The first-order valence-electron chi connectivity index (χ1n) is 10.0. The Kier molecular flexibility index (Phi) is 5.43. The Morgan fingerprint density at radius 3 is 2.34 bits per heavy atom. The normalized spacial score (nSPS) is 12.1. The summed E-state index contributed by atoms with van der Waals surface area (Å²) in [5.41, 5.74) is 5.03. The lowest BCUT2D eigenvalue weighted by Crippen LogP contribution is -2.30. The maximum atomic E-state index is 12.9. The Bertz CT molecular complexity index is 1110. The van der Waals surface area contributed by atoms with Gasteiger partial charge < -0.3 is 9.88 Å². The van der Waals surface area contributed by atoms with E-state index in [2.05, 4.69) is 22.9 Å². The van der Waals surface area contributed by atoms with Gasteiger partial charge in [-0.25, -0.2) is 4.98 Å². The van der Waals surface area contributed by atoms with Crippen molar-refractivity contribution in [2.45, 2.75) is 25.8 Å². The zero-order chi connectivity index (χ0) is 20.2. The molecule has 1 atom stereocenters. The molecule has 4 rings (SSSR count). The third-order valence-electron chi connectivity index (χ3n) is 5.40. The molecule has 0 unspecified atom stereocenters. The molecule has 4 heteroatoms. The molecule has 1 N–H and O–H groups in total. The van der Waals surface area contributed by atoms with Gasteiger partial charge in [0.05, 0.1) is 17.1 Å². The van der Waals surface area contributed by atoms with Crippen LogP contribution in [-0.2, 0) is 19.9 Å². The van der Waals surface area contributed by atoms with Crippen LogP contribution in [0.1, 0.15) is 40.3 Å². The second kappa shape index (κ2) is 8.31. The monoisotopic (exact) mass is 383 g/mol. The van der Waals surface area contributed by atoms with E-state index >= 15 is 0 Å². The number of nitrogens with one attached hydrogen (secondary N) is 1. The van der Waals surface area contributed by atoms with Crippen LogP contribution in [-0.4, -0.2) is 15.5 Å². The van der Waals surface area contributed by atoms with Gasteiger partial charge >= 0.3 is 0 Å². The van der Waals surface area contributed by atoms with Gasteiger partial charge in [-0.15, -0.1) is 0 Å². The Balaban J connectivity index is 1.62. The van der Waals surface area contributed by atoms with Gasteiger partial charge in [0.15, 0.2) is 0 Å². The van der Waals surface area contributed by atoms with E-state index in [0.29, 0.717) is 12.0 Å². The molecule has 1 heterocycles. The Hall–Kier alpha value is -3.40. The number of hydrogen-bond donors (Lipinski definition) is 1. The number of rotatable bonds is 6. The van der Waals surface area contributed by atoms with Crippen LogP contribution < -0.4 is 5.32 Å². The van der Waals surface area contributed by atoms with Gasteiger partial charge in [-0.05, 0) is 41.8 Å². The number of nitrogens with zero attached hydrogens (tertiary/aromatic N) is 2. The minimum absolute atomic E-state index is 0.0692. The van der Waals surface area contributed by atoms with E-state index in [0.717, 1.165) is 28.8 Å². The summed E-state index contributed by atoms with van der Waals surface area (Å²) in [5, 5.41) is 3.21. The van der Waals surface area contributed by atoms with Crippen molar-refractivity contribution < 1.29 is 4.79 Å². The summed E-state index contributed by atoms with van der Waals surface area (Å²) in [7, 11) is 2.03. The number of amides is 1. The van der Waals surface area contributed by atoms with Crippen molar-refractivity contribution in [2.24, 2.45) is 7.05 Å². The molecule has 146 valence electrons. The third kappa shape index (κ3) is 4.06. The quantitative estimate of drug-likeness (QED) is 0.517. The maximum absolute atomic E-state index is 12.9. The second-order valence-electron chi connectivity index (χ2n) is 7.27. The fourth-order valence-corrected chi connectivity index (χ4v) is 3.63. The van der Waals surface area contributed by atoms with Crippen molar-refractivity contribution in [2.75, 3.05) is 0 Å². The highest BCUT2D eigenvalue weighted by Crippen LogP contribution is 2.22. The number of imidazole rings is 1. The highest BCUT2D eigenvalue weighted by atomic mass is 16.1. The van der Waals surface area contributed by atoms with E-state index in [9.17, 15) is 4.79 Å². The molecule has 0 radical (unpaired) electrons. The number of carbonyl (C=O) groups is 1. The van der Waals surface area contributed by atoms with Gasteiger partial charge in [0.25, 0.3) is 5.91 Å². The predicted molar refractivity (Wildman–Crippen MR) is 117 cm³/mol. The number of para-hydroxylation sites is 2. The summed E-state index contributed by atoms with van der Waals surface area (Å²) in [6.07, 6.45) is 1.58. The van der Waals surface area contributed by atoms with E-state index in [1.54, 1.807) is 0 Å². The van der Waals surface area contributed by atoms with Gasteiger partial charge in [-0.1, -0.05) is 61.5 Å². The zero-order valence-electron chi connectivity index (χ0n) is 16.8. The van der Waals surface area contributed by atoms with E-state index in [1.165, 1.54) is 5.56 Å². The lowest BCUT2D eigenvalue weighted by atomic mass is 10.0. The molecule has 0 saturated heterocycles. The smallest absolute Gasteiger partial charge is 0.251 e. The van der Waals surface area contributed by atoms with Crippen molar-refractivity contribution in [3.8, 4) is 0 Å². The summed E-state index contributed by atoms with van der Waals surface area (Å²) in [4.78, 5) is 17.7. The Labute approximate surface area is 171 Å². The van der Waals surface area contributed by atoms with Crippen molar-refractivity contribution in [3.63, 3.8) is 0 Å². The number of carbonyl (C=O) groups excluding carboxylic acids is 1. The highest BCUT2D eigenvalue weighted by Gasteiger charge is 2.19. The van der Waals surface area contributed by atoms with Crippen LogP contribution in [0.25, 0.3) is 11.0 Å². The number of fused-ring (bicyclic) bond motifs is 1. The molecular formula is C25H25N3O. The average Bonchev–Trinajstić information content (AvgIpc) is 3.09. The molecule has 0 aliphatic rings. The van der Waals surface area contributed by atoms with Crippen LogP contribution in [0.15, 0.2) is 78.9 Å². The summed E-state index contributed by atoms with van der Waals surface area (Å²) in [5.74, 6) is 0.877. The molecule has 1 aromatic heterocycles. The third-order valence-corrected chi connectivity index (χ3v) is 5.40. The van der Waals surface area contributed by atoms with Crippen LogP contribution in [0.3, 0.4) is 0 Å². The molecule has 4 aromatic rings. The molecule has 0 fully saturated rings. The van der Waals surface area contributed by atoms with Crippen LogP contribution in [0.4, 0.5) is 0 Å². The molecule has 4 nitrogen and oxygen atoms in total. The largest absolute Gasteiger partial charge is 0.345 e.